The molecule has 9 heterocycles. The molecule has 4 aliphatic heterocycles. The molecule has 16 heteroatoms. The van der Waals surface area contributed by atoms with Gasteiger partial charge >= 0.3 is 12.1 Å². The van der Waals surface area contributed by atoms with Crippen LogP contribution in [0.25, 0.3) is 16.6 Å². The van der Waals surface area contributed by atoms with E-state index in [9.17, 15) is 14.4 Å². The minimum Gasteiger partial charge on any atom is -0.494 e. The van der Waals surface area contributed by atoms with Gasteiger partial charge in [0, 0.05) is 114 Å². The topological polar surface area (TPSA) is 168 Å². The summed E-state index contributed by atoms with van der Waals surface area (Å²) >= 11 is 0. The van der Waals surface area contributed by atoms with E-state index in [2.05, 4.69) is 109 Å². The number of piperidine rings is 1. The molecule has 1 fully saturated rings. The largest absolute Gasteiger partial charge is 0.494 e. The molecular formula is C66H72N10O6. The van der Waals surface area contributed by atoms with E-state index in [-0.39, 0.29) is 29.6 Å². The Bertz CT molecular complexity index is 3240. The number of amides is 2. The van der Waals surface area contributed by atoms with Crippen molar-refractivity contribution in [2.24, 2.45) is 17.8 Å². The average Bonchev–Trinajstić information content (AvgIpc) is 3.92. The fourth-order valence-electron chi connectivity index (χ4n) is 11.9. The van der Waals surface area contributed by atoms with Crippen LogP contribution in [0.15, 0.2) is 151 Å². The Morgan fingerprint density at radius 2 is 1.32 bits per heavy atom. The first-order chi connectivity index (χ1) is 40.1. The Morgan fingerprint density at radius 1 is 0.720 bits per heavy atom. The molecule has 1 saturated heterocycles. The molecule has 2 amide bonds. The number of esters is 1. The number of ether oxygens (including phenoxy) is 3. The minimum absolute atomic E-state index is 0.0132. The van der Waals surface area contributed by atoms with Gasteiger partial charge in [0.05, 0.1) is 52.2 Å². The summed E-state index contributed by atoms with van der Waals surface area (Å²) in [6.07, 6.45) is 12.5. The molecule has 422 valence electrons. The van der Waals surface area contributed by atoms with Crippen LogP contribution < -0.4 is 14.8 Å². The highest BCUT2D eigenvalue weighted by Gasteiger charge is 2.40. The standard InChI is InChI=1S/C66H72N10O6/c1-4-56-58-34-54(19-20-60(58)72-63-59(56)43-76-38-49-44-81-65(78)62(45(2)3)57(49)35-61(63)76)82-66(79)75-28-21-48(22-29-75)64(77)71-27-13-14-30-80-55-32-46(36-73(39-50-15-5-9-23-67-50)40-51-16-6-10-24-68-51)31-47(33-55)37-74(41-52-17-7-11-25-69-52)42-53-18-8-12-26-70-53/h5-12,15-20,23-26,31-35,45,48,62H,4,13-14,21-22,27-30,36-44H2,1-3H3,(H,71,77). The maximum Gasteiger partial charge on any atom is 0.415 e. The summed E-state index contributed by atoms with van der Waals surface area (Å²) in [5.74, 6) is 0.775. The van der Waals surface area contributed by atoms with Gasteiger partial charge in [-0.15, -0.1) is 0 Å². The lowest BCUT2D eigenvalue weighted by molar-refractivity contribution is -0.149. The molecule has 7 aromatic rings. The van der Waals surface area contributed by atoms with Crippen LogP contribution >= 0.6 is 0 Å². The molecule has 1 atom stereocenters. The number of fused-ring (bicyclic) bond motifs is 4. The number of unbranched alkanes of at least 4 members (excludes halogenated alkanes) is 1. The zero-order valence-electron chi connectivity index (χ0n) is 47.2. The molecule has 1 N–H and O–H groups in total. The fourth-order valence-corrected chi connectivity index (χ4v) is 11.9. The van der Waals surface area contributed by atoms with Gasteiger partial charge in [0.2, 0.25) is 5.91 Å². The van der Waals surface area contributed by atoms with Crippen LogP contribution in [0, 0.1) is 17.8 Å². The van der Waals surface area contributed by atoms with Gasteiger partial charge in [-0.05, 0) is 151 Å². The zero-order valence-corrected chi connectivity index (χ0v) is 47.2. The van der Waals surface area contributed by atoms with Crippen LogP contribution in [0.3, 0.4) is 0 Å². The van der Waals surface area contributed by atoms with Gasteiger partial charge in [0.25, 0.3) is 0 Å². The smallest absolute Gasteiger partial charge is 0.415 e. The van der Waals surface area contributed by atoms with Gasteiger partial charge in [-0.25, -0.2) is 9.78 Å². The van der Waals surface area contributed by atoms with E-state index < -0.39 is 6.09 Å². The summed E-state index contributed by atoms with van der Waals surface area (Å²) < 4.78 is 18.2. The minimum atomic E-state index is -0.420. The van der Waals surface area contributed by atoms with E-state index in [0.29, 0.717) is 104 Å². The predicted octanol–water partition coefficient (Wildman–Crippen LogP) is 10.3. The van der Waals surface area contributed by atoms with Gasteiger partial charge in [-0.1, -0.05) is 51.1 Å². The molecule has 82 heavy (non-hydrogen) atoms. The van der Waals surface area contributed by atoms with Crippen molar-refractivity contribution in [2.45, 2.75) is 98.7 Å². The zero-order chi connectivity index (χ0) is 56.4. The second-order valence-electron chi connectivity index (χ2n) is 22.3. The summed E-state index contributed by atoms with van der Waals surface area (Å²) in [5.41, 5.74) is 13.6. The Balaban J connectivity index is 0.684. The Morgan fingerprint density at radius 3 is 1.87 bits per heavy atom. The third-order valence-corrected chi connectivity index (χ3v) is 15.9. The number of hydrogen-bond donors (Lipinski definition) is 1. The second kappa shape index (κ2) is 26.1. The highest BCUT2D eigenvalue weighted by molar-refractivity contribution is 5.90. The Hall–Kier alpha value is -8.34. The number of hydrogen-bond acceptors (Lipinski definition) is 14. The first-order valence-electron chi connectivity index (χ1n) is 29.0. The van der Waals surface area contributed by atoms with E-state index in [1.807, 2.05) is 91.5 Å². The molecule has 0 bridgehead atoms. The van der Waals surface area contributed by atoms with Gasteiger partial charge in [-0.2, -0.15) is 0 Å². The van der Waals surface area contributed by atoms with Crippen LogP contribution in [0.1, 0.15) is 97.2 Å². The van der Waals surface area contributed by atoms with Crippen molar-refractivity contribution < 1.29 is 28.6 Å². The van der Waals surface area contributed by atoms with Crippen LogP contribution in [0.4, 0.5) is 4.79 Å². The molecule has 0 spiro atoms. The number of nitrogens with one attached hydrogen (secondary N) is 1. The summed E-state index contributed by atoms with van der Waals surface area (Å²) in [4.78, 5) is 72.4. The van der Waals surface area contributed by atoms with E-state index >= 15 is 0 Å². The number of carbonyl (C=O) groups excluding carboxylic acids is 3. The number of pyridine rings is 5. The average molecular weight is 1100 g/mol. The van der Waals surface area contributed by atoms with Crippen LogP contribution in [-0.2, 0) is 66.6 Å². The van der Waals surface area contributed by atoms with E-state index in [1.165, 1.54) is 11.1 Å². The van der Waals surface area contributed by atoms with Crippen molar-refractivity contribution in [1.29, 1.82) is 0 Å². The monoisotopic (exact) mass is 1100 g/mol. The van der Waals surface area contributed by atoms with Crippen molar-refractivity contribution in [1.82, 2.24) is 49.8 Å². The van der Waals surface area contributed by atoms with Gasteiger partial charge < -0.3 is 29.3 Å². The molecule has 0 aliphatic carbocycles. The Kier molecular flexibility index (Phi) is 17.7. The number of allylic oxidation sites excluding steroid dienone is 1. The molecule has 0 radical (unpaired) electrons. The molecule has 0 saturated carbocycles. The van der Waals surface area contributed by atoms with Crippen molar-refractivity contribution in [2.75, 3.05) is 39.4 Å². The molecule has 11 rings (SSSR count). The van der Waals surface area contributed by atoms with Crippen molar-refractivity contribution in [3.8, 4) is 11.5 Å². The van der Waals surface area contributed by atoms with E-state index in [0.717, 1.165) is 92.4 Å². The summed E-state index contributed by atoms with van der Waals surface area (Å²) in [6, 6.07) is 36.3. The van der Waals surface area contributed by atoms with Gasteiger partial charge in [0.1, 0.15) is 18.1 Å². The lowest BCUT2D eigenvalue weighted by Gasteiger charge is -2.35. The third-order valence-electron chi connectivity index (χ3n) is 15.9. The third kappa shape index (κ3) is 13.5. The lowest BCUT2D eigenvalue weighted by atomic mass is 9.82. The maximum absolute atomic E-state index is 13.6. The molecule has 16 nitrogen and oxygen atoms in total. The number of nitrogens with zero attached hydrogens (tertiary/aromatic N) is 9. The van der Waals surface area contributed by atoms with Gasteiger partial charge in [0.15, 0.2) is 0 Å². The van der Waals surface area contributed by atoms with E-state index in [4.69, 9.17) is 19.2 Å². The normalized spacial score (nSPS) is 16.0. The summed E-state index contributed by atoms with van der Waals surface area (Å²) in [5, 5.41) is 4.13. The number of benzene rings is 2. The lowest BCUT2D eigenvalue weighted by Crippen LogP contribution is -2.44. The van der Waals surface area contributed by atoms with Crippen molar-refractivity contribution >= 4 is 34.6 Å². The number of carbonyl (C=O) groups is 3. The van der Waals surface area contributed by atoms with Crippen LogP contribution in [0.2, 0.25) is 0 Å². The quantitative estimate of drug-likeness (QED) is 0.0503. The van der Waals surface area contributed by atoms with E-state index in [1.54, 1.807) is 4.90 Å². The summed E-state index contributed by atoms with van der Waals surface area (Å²) in [6.45, 7) is 13.8. The number of aromatic nitrogens is 5. The maximum atomic E-state index is 13.6. The van der Waals surface area contributed by atoms with Gasteiger partial charge in [-0.3, -0.25) is 39.3 Å². The highest BCUT2D eigenvalue weighted by Crippen LogP contribution is 2.44. The molecule has 2 aromatic carbocycles. The van der Waals surface area contributed by atoms with Crippen molar-refractivity contribution in [3.63, 3.8) is 0 Å². The Labute approximate surface area is 480 Å². The predicted molar refractivity (Wildman–Crippen MR) is 313 cm³/mol. The highest BCUT2D eigenvalue weighted by atomic mass is 16.6. The molecule has 1 unspecified atom stereocenters. The molecule has 5 aromatic heterocycles. The van der Waals surface area contributed by atoms with Crippen LogP contribution in [0.5, 0.6) is 11.5 Å². The number of cyclic esters (lactones) is 1. The second-order valence-corrected chi connectivity index (χ2v) is 22.3. The van der Waals surface area contributed by atoms with Crippen molar-refractivity contribution in [3.05, 3.63) is 202 Å². The first kappa shape index (κ1) is 55.6. The number of rotatable bonds is 22. The summed E-state index contributed by atoms with van der Waals surface area (Å²) in [7, 11) is 0. The number of aryl methyl sites for hydroxylation is 1. The number of likely N-dealkylation sites (tertiary alicyclic amines) is 1. The SMILES string of the molecule is CCc1c2c(nc3ccc(OC(=O)N4CCC(C(=O)NCCCCOc5cc(CN(Cc6ccccn6)Cc6ccccn6)cc(CN(Cc6ccccn6)Cc6ccccn6)c5)CC4)cc13)C1=CC3=C(COC(=O)C3C(C)C)CN1C2. The molecule has 4 aliphatic rings. The fraction of sp³-hybridized carbons (Fsp3) is 0.364. The van der Waals surface area contributed by atoms with Crippen LogP contribution in [-0.4, -0.2) is 102 Å². The molecular weight excluding hydrogens is 1030 g/mol. The first-order valence-corrected chi connectivity index (χ1v) is 29.0.